The Kier molecular flexibility index (Phi) is 2.53. The minimum atomic E-state index is -0.464. The van der Waals surface area contributed by atoms with Crippen LogP contribution in [0, 0.1) is 0 Å². The van der Waals surface area contributed by atoms with Crippen LogP contribution in [0.5, 0.6) is 5.88 Å². The van der Waals surface area contributed by atoms with Crippen LogP contribution >= 0.6 is 0 Å². The Hall–Kier alpha value is -1.93. The number of aromatic nitrogens is 4. The standard InChI is InChI=1S/C10H13N5O3/c1-17-9-7-8(13-10(11)14-9)15(4-12-7)6-2-5(16)3-18-6/h4-6,16H,2-3H2,1H3,(H2,11,13,14)/t5-,6+/m0/s1. The molecule has 2 aromatic rings. The molecule has 8 heteroatoms. The lowest BCUT2D eigenvalue weighted by molar-refractivity contribution is 0.0502. The van der Waals surface area contributed by atoms with Crippen LogP contribution in [0.4, 0.5) is 5.95 Å². The number of imidazole rings is 1. The number of nitrogens with zero attached hydrogens (tertiary/aromatic N) is 4. The number of nitrogen functional groups attached to an aromatic ring is 1. The third kappa shape index (κ3) is 1.66. The largest absolute Gasteiger partial charge is 0.479 e. The lowest BCUT2D eigenvalue weighted by atomic mass is 10.3. The first-order valence-corrected chi connectivity index (χ1v) is 5.52. The van der Waals surface area contributed by atoms with Gasteiger partial charge in [-0.3, -0.25) is 4.57 Å². The van der Waals surface area contributed by atoms with Crippen LogP contribution in [-0.2, 0) is 4.74 Å². The third-order valence-corrected chi connectivity index (χ3v) is 2.87. The van der Waals surface area contributed by atoms with Crippen molar-refractivity contribution in [3.05, 3.63) is 6.33 Å². The maximum Gasteiger partial charge on any atom is 0.246 e. The van der Waals surface area contributed by atoms with Crippen molar-refractivity contribution >= 4 is 17.1 Å². The third-order valence-electron chi connectivity index (χ3n) is 2.87. The number of aliphatic hydroxyl groups excluding tert-OH is 1. The zero-order valence-corrected chi connectivity index (χ0v) is 9.78. The fourth-order valence-electron chi connectivity index (χ4n) is 2.04. The van der Waals surface area contributed by atoms with Crippen molar-refractivity contribution in [1.82, 2.24) is 19.5 Å². The molecule has 0 radical (unpaired) electrons. The Morgan fingerprint density at radius 1 is 1.56 bits per heavy atom. The smallest absolute Gasteiger partial charge is 0.246 e. The minimum absolute atomic E-state index is 0.111. The summed E-state index contributed by atoms with van der Waals surface area (Å²) in [6.07, 6.45) is 1.33. The second-order valence-electron chi connectivity index (χ2n) is 4.09. The van der Waals surface area contributed by atoms with Gasteiger partial charge in [0.25, 0.3) is 0 Å². The predicted molar refractivity (Wildman–Crippen MR) is 61.9 cm³/mol. The van der Waals surface area contributed by atoms with E-state index in [9.17, 15) is 5.11 Å². The summed E-state index contributed by atoms with van der Waals surface area (Å²) >= 11 is 0. The van der Waals surface area contributed by atoms with Crippen molar-refractivity contribution in [3.8, 4) is 5.88 Å². The molecule has 96 valence electrons. The molecule has 0 unspecified atom stereocenters. The Balaban J connectivity index is 2.11. The molecular weight excluding hydrogens is 238 g/mol. The fourth-order valence-corrected chi connectivity index (χ4v) is 2.04. The van der Waals surface area contributed by atoms with Gasteiger partial charge in [0.05, 0.1) is 26.1 Å². The SMILES string of the molecule is COc1nc(N)nc2c1ncn2[C@H]1C[C@H](O)CO1. The lowest BCUT2D eigenvalue weighted by Gasteiger charge is -2.11. The lowest BCUT2D eigenvalue weighted by Crippen LogP contribution is -2.09. The molecule has 3 N–H and O–H groups in total. The van der Waals surface area contributed by atoms with Gasteiger partial charge in [0.1, 0.15) is 6.23 Å². The van der Waals surface area contributed by atoms with Gasteiger partial charge >= 0.3 is 0 Å². The molecule has 0 amide bonds. The average molecular weight is 251 g/mol. The highest BCUT2D eigenvalue weighted by molar-refractivity contribution is 5.77. The second-order valence-corrected chi connectivity index (χ2v) is 4.09. The summed E-state index contributed by atoms with van der Waals surface area (Å²) < 4.78 is 12.3. The van der Waals surface area contributed by atoms with Crippen molar-refractivity contribution in [3.63, 3.8) is 0 Å². The molecule has 1 aliphatic rings. The molecule has 0 bridgehead atoms. The number of nitrogens with two attached hydrogens (primary N) is 1. The summed E-state index contributed by atoms with van der Waals surface area (Å²) in [5, 5.41) is 9.48. The molecule has 0 spiro atoms. The topological polar surface area (TPSA) is 108 Å². The summed E-state index contributed by atoms with van der Waals surface area (Å²) in [5.41, 5.74) is 6.69. The van der Waals surface area contributed by atoms with E-state index < -0.39 is 6.10 Å². The molecule has 2 aromatic heterocycles. The second kappa shape index (κ2) is 4.07. The van der Waals surface area contributed by atoms with Gasteiger partial charge in [-0.15, -0.1) is 0 Å². The summed E-state index contributed by atoms with van der Waals surface area (Å²) in [4.78, 5) is 12.3. The molecule has 2 atom stereocenters. The van der Waals surface area contributed by atoms with Gasteiger partial charge in [-0.1, -0.05) is 0 Å². The number of rotatable bonds is 2. The highest BCUT2D eigenvalue weighted by Gasteiger charge is 2.27. The van der Waals surface area contributed by atoms with Crippen LogP contribution in [-0.4, -0.2) is 44.4 Å². The average Bonchev–Trinajstić information content (AvgIpc) is 2.93. The maximum atomic E-state index is 9.48. The zero-order chi connectivity index (χ0) is 12.7. The number of anilines is 1. The molecule has 1 fully saturated rings. The molecule has 1 aliphatic heterocycles. The number of hydrogen-bond acceptors (Lipinski definition) is 7. The van der Waals surface area contributed by atoms with Gasteiger partial charge in [0, 0.05) is 6.42 Å². The zero-order valence-electron chi connectivity index (χ0n) is 9.78. The Morgan fingerprint density at radius 2 is 2.39 bits per heavy atom. The van der Waals surface area contributed by atoms with Gasteiger partial charge in [0.15, 0.2) is 11.2 Å². The van der Waals surface area contributed by atoms with E-state index >= 15 is 0 Å². The van der Waals surface area contributed by atoms with Gasteiger partial charge in [-0.25, -0.2) is 4.98 Å². The summed E-state index contributed by atoms with van der Waals surface area (Å²) in [7, 11) is 1.50. The van der Waals surface area contributed by atoms with Gasteiger partial charge in [-0.2, -0.15) is 9.97 Å². The highest BCUT2D eigenvalue weighted by Crippen LogP contribution is 2.29. The molecule has 0 aromatic carbocycles. The monoisotopic (exact) mass is 251 g/mol. The summed E-state index contributed by atoms with van der Waals surface area (Å²) in [5.74, 6) is 0.439. The van der Waals surface area contributed by atoms with Crippen molar-refractivity contribution in [2.75, 3.05) is 19.5 Å². The number of hydrogen-bond donors (Lipinski definition) is 2. The van der Waals surface area contributed by atoms with E-state index in [0.717, 1.165) is 0 Å². The molecule has 0 aliphatic carbocycles. The predicted octanol–water partition coefficient (Wildman–Crippen LogP) is -0.303. The van der Waals surface area contributed by atoms with Crippen LogP contribution in [0.15, 0.2) is 6.33 Å². The van der Waals surface area contributed by atoms with Crippen molar-refractivity contribution < 1.29 is 14.6 Å². The van der Waals surface area contributed by atoms with E-state index in [4.69, 9.17) is 15.2 Å². The van der Waals surface area contributed by atoms with E-state index in [1.165, 1.54) is 7.11 Å². The van der Waals surface area contributed by atoms with Crippen LogP contribution in [0.2, 0.25) is 0 Å². The van der Waals surface area contributed by atoms with Crippen molar-refractivity contribution in [1.29, 1.82) is 0 Å². The number of fused-ring (bicyclic) bond motifs is 1. The molecular formula is C10H13N5O3. The molecule has 0 saturated carbocycles. The molecule has 1 saturated heterocycles. The summed E-state index contributed by atoms with van der Waals surface area (Å²) in [6.45, 7) is 0.308. The van der Waals surface area contributed by atoms with Crippen molar-refractivity contribution in [2.45, 2.75) is 18.8 Å². The Morgan fingerprint density at radius 3 is 3.06 bits per heavy atom. The highest BCUT2D eigenvalue weighted by atomic mass is 16.5. The number of ether oxygens (including phenoxy) is 2. The normalized spacial score (nSPS) is 23.7. The van der Waals surface area contributed by atoms with Crippen molar-refractivity contribution in [2.24, 2.45) is 0 Å². The van der Waals surface area contributed by atoms with Crippen LogP contribution in [0.1, 0.15) is 12.6 Å². The first-order chi connectivity index (χ1) is 8.69. The van der Waals surface area contributed by atoms with Gasteiger partial charge < -0.3 is 20.3 Å². The molecule has 18 heavy (non-hydrogen) atoms. The molecule has 3 heterocycles. The van der Waals surface area contributed by atoms with E-state index in [2.05, 4.69) is 15.0 Å². The number of aliphatic hydroxyl groups is 1. The first kappa shape index (κ1) is 11.2. The van der Waals surface area contributed by atoms with E-state index in [-0.39, 0.29) is 12.2 Å². The minimum Gasteiger partial charge on any atom is -0.479 e. The van der Waals surface area contributed by atoms with E-state index in [1.807, 2.05) is 0 Å². The molecule has 3 rings (SSSR count). The number of methoxy groups -OCH3 is 1. The first-order valence-electron chi connectivity index (χ1n) is 5.52. The molecule has 8 nitrogen and oxygen atoms in total. The Labute approximate surface area is 102 Å². The van der Waals surface area contributed by atoms with Gasteiger partial charge in [0.2, 0.25) is 11.8 Å². The van der Waals surface area contributed by atoms with Crippen LogP contribution < -0.4 is 10.5 Å². The Bertz CT molecular complexity index is 584. The van der Waals surface area contributed by atoms with Crippen LogP contribution in [0.25, 0.3) is 11.2 Å². The quantitative estimate of drug-likeness (QED) is 0.754. The summed E-state index contributed by atoms with van der Waals surface area (Å²) in [6, 6.07) is 0. The maximum absolute atomic E-state index is 9.48. The fraction of sp³-hybridized carbons (Fsp3) is 0.500. The van der Waals surface area contributed by atoms with Crippen LogP contribution in [0.3, 0.4) is 0 Å². The van der Waals surface area contributed by atoms with E-state index in [0.29, 0.717) is 30.1 Å². The van der Waals surface area contributed by atoms with E-state index in [1.54, 1.807) is 10.9 Å². The van der Waals surface area contributed by atoms with Gasteiger partial charge in [-0.05, 0) is 0 Å².